The Hall–Kier alpha value is -2.20. The Morgan fingerprint density at radius 2 is 2.15 bits per heavy atom. The van der Waals surface area contributed by atoms with Crippen LogP contribution in [-0.4, -0.2) is 41.1 Å². The molecule has 2 atom stereocenters. The second-order valence-corrected chi connectivity index (χ2v) is 8.23. The highest BCUT2D eigenvalue weighted by Crippen LogP contribution is 2.39. The van der Waals surface area contributed by atoms with Gasteiger partial charge in [0.1, 0.15) is 5.78 Å². The summed E-state index contributed by atoms with van der Waals surface area (Å²) in [6.45, 7) is 5.36. The third-order valence-corrected chi connectivity index (χ3v) is 6.56. The molecule has 4 nitrogen and oxygen atoms in total. The highest BCUT2D eigenvalue weighted by Gasteiger charge is 2.32. The van der Waals surface area contributed by atoms with E-state index in [1.165, 1.54) is 29.7 Å². The van der Waals surface area contributed by atoms with Crippen LogP contribution in [-0.2, 0) is 11.2 Å². The number of likely N-dealkylation sites (tertiary alicyclic amines) is 1. The van der Waals surface area contributed by atoms with Crippen molar-refractivity contribution < 1.29 is 4.79 Å². The summed E-state index contributed by atoms with van der Waals surface area (Å²) in [6.07, 6.45) is 16.1. The van der Waals surface area contributed by atoms with Crippen LogP contribution in [0.2, 0.25) is 0 Å². The maximum atomic E-state index is 12.9. The molecule has 1 aromatic heterocycles. The lowest BCUT2D eigenvalue weighted by atomic mass is 9.82. The maximum absolute atomic E-state index is 12.9. The zero-order chi connectivity index (χ0) is 18.4. The Kier molecular flexibility index (Phi) is 4.24. The van der Waals surface area contributed by atoms with Crippen LogP contribution in [0.4, 0.5) is 0 Å². The molecule has 4 aliphatic rings. The average Bonchev–Trinajstić information content (AvgIpc) is 3.31. The van der Waals surface area contributed by atoms with Gasteiger partial charge in [0.2, 0.25) is 0 Å². The van der Waals surface area contributed by atoms with Gasteiger partial charge in [-0.25, -0.2) is 0 Å². The number of aromatic nitrogens is 1. The molecule has 27 heavy (non-hydrogen) atoms. The minimum Gasteiger partial charge on any atom is -0.314 e. The van der Waals surface area contributed by atoms with Gasteiger partial charge >= 0.3 is 0 Å². The van der Waals surface area contributed by atoms with Crippen molar-refractivity contribution in [2.75, 3.05) is 19.6 Å². The van der Waals surface area contributed by atoms with Crippen molar-refractivity contribution in [3.8, 4) is 0 Å². The standard InChI is InChI=1S/C23H27N3O/c1-16-19(21(27)10-13-25-11-2-3-12-25)7-8-20-22(16)24-15-18-6-4-5-17-9-14-26(20)23(17)18/h6-9,14-16,19H,2-5,10-13H2,1H3. The van der Waals surface area contributed by atoms with Crippen molar-refractivity contribution in [3.63, 3.8) is 0 Å². The fraction of sp³-hybridized carbons (Fsp3) is 0.478. The zero-order valence-electron chi connectivity index (χ0n) is 16.0. The number of carbonyl (C=O) groups excluding carboxylic acids is 1. The van der Waals surface area contributed by atoms with E-state index in [4.69, 9.17) is 4.99 Å². The van der Waals surface area contributed by atoms with Crippen LogP contribution in [0.25, 0.3) is 11.3 Å². The summed E-state index contributed by atoms with van der Waals surface area (Å²) in [5, 5.41) is 0. The fourth-order valence-electron chi connectivity index (χ4n) is 5.00. The summed E-state index contributed by atoms with van der Waals surface area (Å²) < 4.78 is 2.28. The van der Waals surface area contributed by atoms with Gasteiger partial charge in [0, 0.05) is 42.8 Å². The number of rotatable bonds is 4. The second-order valence-electron chi connectivity index (χ2n) is 8.23. The van der Waals surface area contributed by atoms with E-state index in [0.717, 1.165) is 43.9 Å². The van der Waals surface area contributed by atoms with E-state index >= 15 is 0 Å². The third-order valence-electron chi connectivity index (χ3n) is 6.56. The lowest BCUT2D eigenvalue weighted by Crippen LogP contribution is -2.29. The summed E-state index contributed by atoms with van der Waals surface area (Å²) in [6, 6.07) is 2.23. The smallest absolute Gasteiger partial charge is 0.141 e. The molecule has 3 heterocycles. The number of aliphatic imine (C=N–C) groups is 1. The lowest BCUT2D eigenvalue weighted by molar-refractivity contribution is -0.122. The molecule has 0 spiro atoms. The number of fused-ring (bicyclic) bond motifs is 1. The zero-order valence-corrected chi connectivity index (χ0v) is 16.0. The predicted octanol–water partition coefficient (Wildman–Crippen LogP) is 3.95. The molecule has 1 aromatic rings. The summed E-state index contributed by atoms with van der Waals surface area (Å²) in [4.78, 5) is 20.2. The van der Waals surface area contributed by atoms with Crippen LogP contribution in [0.1, 0.15) is 43.9 Å². The second kappa shape index (κ2) is 6.75. The molecule has 5 rings (SSSR count). The molecule has 140 valence electrons. The third kappa shape index (κ3) is 2.87. The van der Waals surface area contributed by atoms with Crippen molar-refractivity contribution in [1.29, 1.82) is 0 Å². The first-order valence-corrected chi connectivity index (χ1v) is 10.3. The van der Waals surface area contributed by atoms with Gasteiger partial charge in [-0.1, -0.05) is 19.1 Å². The van der Waals surface area contributed by atoms with Gasteiger partial charge in [-0.3, -0.25) is 9.79 Å². The van der Waals surface area contributed by atoms with E-state index in [-0.39, 0.29) is 11.8 Å². The molecule has 2 unspecified atom stereocenters. The van der Waals surface area contributed by atoms with Gasteiger partial charge in [0.15, 0.2) is 0 Å². The molecule has 0 N–H and O–H groups in total. The molecule has 1 saturated heterocycles. The first-order chi connectivity index (χ1) is 13.2. The number of hydrogen-bond donors (Lipinski definition) is 0. The molecule has 4 heteroatoms. The fourth-order valence-corrected chi connectivity index (χ4v) is 5.00. The molecule has 0 bridgehead atoms. The molecule has 2 aliphatic heterocycles. The van der Waals surface area contributed by atoms with E-state index in [9.17, 15) is 4.79 Å². The quantitative estimate of drug-likeness (QED) is 0.814. The minimum absolute atomic E-state index is 0.0577. The summed E-state index contributed by atoms with van der Waals surface area (Å²) in [5.74, 6) is 0.411. The lowest BCUT2D eigenvalue weighted by Gasteiger charge is -2.27. The number of ketones is 1. The summed E-state index contributed by atoms with van der Waals surface area (Å²) >= 11 is 0. The van der Waals surface area contributed by atoms with Gasteiger partial charge in [-0.15, -0.1) is 0 Å². The number of nitrogens with zero attached hydrogens (tertiary/aromatic N) is 3. The molecule has 0 amide bonds. The number of Topliss-reactive ketones (excluding diaryl/α,β-unsaturated/α-hetero) is 1. The van der Waals surface area contributed by atoms with Crippen LogP contribution >= 0.6 is 0 Å². The van der Waals surface area contributed by atoms with E-state index in [2.05, 4.69) is 46.9 Å². The Morgan fingerprint density at radius 3 is 3.00 bits per heavy atom. The molecular formula is C23H27N3O. The summed E-state index contributed by atoms with van der Waals surface area (Å²) in [5.41, 5.74) is 6.08. The van der Waals surface area contributed by atoms with Gasteiger partial charge in [0.25, 0.3) is 0 Å². The molecule has 0 radical (unpaired) electrons. The van der Waals surface area contributed by atoms with E-state index in [0.29, 0.717) is 12.2 Å². The van der Waals surface area contributed by atoms with Crippen molar-refractivity contribution >= 4 is 23.3 Å². The number of aryl methyl sites for hydroxylation is 1. The van der Waals surface area contributed by atoms with Crippen LogP contribution in [0, 0.1) is 11.8 Å². The van der Waals surface area contributed by atoms with Crippen molar-refractivity contribution in [2.24, 2.45) is 16.8 Å². The molecular weight excluding hydrogens is 334 g/mol. The predicted molar refractivity (Wildman–Crippen MR) is 110 cm³/mol. The molecule has 0 saturated carbocycles. The van der Waals surface area contributed by atoms with Gasteiger partial charge in [0.05, 0.1) is 17.1 Å². The minimum atomic E-state index is -0.0577. The topological polar surface area (TPSA) is 37.6 Å². The maximum Gasteiger partial charge on any atom is 0.141 e. The SMILES string of the molecule is CC1C2=C(C=CC1C(=O)CCN1CCCC1)n1ccc3c1C(=CCC3)C=N2. The number of allylic oxidation sites excluding steroid dienone is 6. The molecule has 0 aromatic carbocycles. The molecule has 1 fully saturated rings. The van der Waals surface area contributed by atoms with Crippen molar-refractivity contribution in [2.45, 2.75) is 39.0 Å². The Morgan fingerprint density at radius 1 is 1.30 bits per heavy atom. The van der Waals surface area contributed by atoms with E-state index < -0.39 is 0 Å². The first kappa shape index (κ1) is 16.9. The highest BCUT2D eigenvalue weighted by atomic mass is 16.1. The Balaban J connectivity index is 1.40. The summed E-state index contributed by atoms with van der Waals surface area (Å²) in [7, 11) is 0. The largest absolute Gasteiger partial charge is 0.314 e. The normalized spacial score (nSPS) is 26.6. The van der Waals surface area contributed by atoms with Crippen LogP contribution in [0.5, 0.6) is 0 Å². The Labute approximate surface area is 161 Å². The van der Waals surface area contributed by atoms with Crippen LogP contribution in [0.3, 0.4) is 0 Å². The number of hydrogen-bond acceptors (Lipinski definition) is 3. The highest BCUT2D eigenvalue weighted by molar-refractivity contribution is 6.12. The van der Waals surface area contributed by atoms with E-state index in [1.54, 1.807) is 0 Å². The van der Waals surface area contributed by atoms with Gasteiger partial charge in [-0.2, -0.15) is 0 Å². The average molecular weight is 361 g/mol. The Bertz CT molecular complexity index is 893. The van der Waals surface area contributed by atoms with Crippen molar-refractivity contribution in [3.05, 3.63) is 47.4 Å². The van der Waals surface area contributed by atoms with Crippen LogP contribution in [0.15, 0.2) is 41.2 Å². The monoisotopic (exact) mass is 361 g/mol. The van der Waals surface area contributed by atoms with Gasteiger partial charge < -0.3 is 9.47 Å². The van der Waals surface area contributed by atoms with Crippen LogP contribution < -0.4 is 0 Å². The van der Waals surface area contributed by atoms with Gasteiger partial charge in [-0.05, 0) is 56.5 Å². The van der Waals surface area contributed by atoms with Crippen molar-refractivity contribution in [1.82, 2.24) is 9.47 Å². The first-order valence-electron chi connectivity index (χ1n) is 10.3. The van der Waals surface area contributed by atoms with E-state index in [1.807, 2.05) is 6.21 Å². The molecule has 2 aliphatic carbocycles. The number of carbonyl (C=O) groups is 1.